The lowest BCUT2D eigenvalue weighted by Crippen LogP contribution is -2.11. The van der Waals surface area contributed by atoms with Crippen LogP contribution in [0.15, 0.2) is 45.7 Å². The fourth-order valence-corrected chi connectivity index (χ4v) is 1.57. The van der Waals surface area contributed by atoms with Crippen LogP contribution in [-0.2, 0) is 0 Å². The lowest BCUT2D eigenvalue weighted by Gasteiger charge is -2.06. The molecule has 1 amide bonds. The van der Waals surface area contributed by atoms with Gasteiger partial charge in [0.2, 0.25) is 0 Å². The van der Waals surface area contributed by atoms with Crippen molar-refractivity contribution in [3.8, 4) is 0 Å². The van der Waals surface area contributed by atoms with Gasteiger partial charge in [-0.15, -0.1) is 0 Å². The Hall–Kier alpha value is -1.75. The summed E-state index contributed by atoms with van der Waals surface area (Å²) in [6.45, 7) is 0. The van der Waals surface area contributed by atoms with Gasteiger partial charge in [0.25, 0.3) is 5.91 Å². The van der Waals surface area contributed by atoms with Gasteiger partial charge in [0.1, 0.15) is 6.26 Å². The van der Waals surface area contributed by atoms with Crippen LogP contribution < -0.4 is 11.1 Å². The summed E-state index contributed by atoms with van der Waals surface area (Å²) in [5.74, 6) is -0.236. The topological polar surface area (TPSA) is 68.3 Å². The summed E-state index contributed by atoms with van der Waals surface area (Å²) in [5.41, 5.74) is 7.32. The molecule has 0 saturated heterocycles. The van der Waals surface area contributed by atoms with Crippen molar-refractivity contribution in [1.29, 1.82) is 0 Å². The van der Waals surface area contributed by atoms with E-state index in [-0.39, 0.29) is 5.91 Å². The molecule has 0 aliphatic heterocycles. The number of furan rings is 1. The maximum atomic E-state index is 11.7. The lowest BCUT2D eigenvalue weighted by molar-refractivity contribution is 0.102. The molecule has 0 aliphatic rings. The predicted molar refractivity (Wildman–Crippen MR) is 65.2 cm³/mol. The van der Waals surface area contributed by atoms with Crippen molar-refractivity contribution >= 4 is 33.2 Å². The van der Waals surface area contributed by atoms with Crippen molar-refractivity contribution in [2.45, 2.75) is 0 Å². The SMILES string of the molecule is Nc1ccc(Br)c(NC(=O)c2ccoc2)c1. The molecule has 0 atom stereocenters. The summed E-state index contributed by atoms with van der Waals surface area (Å²) in [6.07, 6.45) is 2.83. The number of rotatable bonds is 2. The van der Waals surface area contributed by atoms with Crippen molar-refractivity contribution in [1.82, 2.24) is 0 Å². The molecule has 0 unspecified atom stereocenters. The normalized spacial score (nSPS) is 10.1. The molecule has 0 saturated carbocycles. The van der Waals surface area contributed by atoms with E-state index in [1.54, 1.807) is 24.3 Å². The summed E-state index contributed by atoms with van der Waals surface area (Å²) < 4.78 is 5.61. The van der Waals surface area contributed by atoms with Crippen LogP contribution in [-0.4, -0.2) is 5.91 Å². The van der Waals surface area contributed by atoms with Crippen LogP contribution in [0.25, 0.3) is 0 Å². The standard InChI is InChI=1S/C11H9BrN2O2/c12-9-2-1-8(13)5-10(9)14-11(15)7-3-4-16-6-7/h1-6H,13H2,(H,14,15). The van der Waals surface area contributed by atoms with Crippen molar-refractivity contribution in [3.63, 3.8) is 0 Å². The Labute approximate surface area is 101 Å². The maximum Gasteiger partial charge on any atom is 0.258 e. The third kappa shape index (κ3) is 2.25. The van der Waals surface area contributed by atoms with Crippen LogP contribution in [0.3, 0.4) is 0 Å². The van der Waals surface area contributed by atoms with E-state index < -0.39 is 0 Å². The Morgan fingerprint density at radius 2 is 2.19 bits per heavy atom. The highest BCUT2D eigenvalue weighted by Gasteiger charge is 2.09. The van der Waals surface area contributed by atoms with Gasteiger partial charge in [0, 0.05) is 10.2 Å². The zero-order valence-corrected chi connectivity index (χ0v) is 9.82. The zero-order chi connectivity index (χ0) is 11.5. The molecule has 0 aliphatic carbocycles. The molecule has 2 aromatic rings. The van der Waals surface area contributed by atoms with Crippen LogP contribution >= 0.6 is 15.9 Å². The van der Waals surface area contributed by atoms with E-state index in [2.05, 4.69) is 21.2 Å². The molecule has 0 spiro atoms. The molecular formula is C11H9BrN2O2. The monoisotopic (exact) mass is 280 g/mol. The van der Waals surface area contributed by atoms with Crippen molar-refractivity contribution in [2.24, 2.45) is 0 Å². The second-order valence-corrected chi connectivity index (χ2v) is 4.06. The number of benzene rings is 1. The molecule has 1 heterocycles. The molecule has 1 aromatic carbocycles. The van der Waals surface area contributed by atoms with Gasteiger partial charge in [-0.25, -0.2) is 0 Å². The molecule has 82 valence electrons. The van der Waals surface area contributed by atoms with E-state index >= 15 is 0 Å². The van der Waals surface area contributed by atoms with Crippen LogP contribution in [0.5, 0.6) is 0 Å². The molecule has 3 N–H and O–H groups in total. The predicted octanol–water partition coefficient (Wildman–Crippen LogP) is 2.88. The molecule has 4 nitrogen and oxygen atoms in total. The van der Waals surface area contributed by atoms with E-state index in [1.165, 1.54) is 12.5 Å². The van der Waals surface area contributed by atoms with Gasteiger partial charge in [-0.3, -0.25) is 4.79 Å². The first-order valence-electron chi connectivity index (χ1n) is 4.55. The number of carbonyl (C=O) groups excluding carboxylic acids is 1. The number of nitrogen functional groups attached to an aromatic ring is 1. The quantitative estimate of drug-likeness (QED) is 0.832. The molecule has 16 heavy (non-hydrogen) atoms. The Morgan fingerprint density at radius 3 is 2.88 bits per heavy atom. The first-order chi connectivity index (χ1) is 7.66. The summed E-state index contributed by atoms with van der Waals surface area (Å²) in [7, 11) is 0. The zero-order valence-electron chi connectivity index (χ0n) is 8.24. The highest BCUT2D eigenvalue weighted by molar-refractivity contribution is 9.10. The van der Waals surface area contributed by atoms with Crippen molar-refractivity contribution < 1.29 is 9.21 Å². The van der Waals surface area contributed by atoms with Crippen LogP contribution in [0.2, 0.25) is 0 Å². The summed E-state index contributed by atoms with van der Waals surface area (Å²) >= 11 is 3.33. The highest BCUT2D eigenvalue weighted by atomic mass is 79.9. The van der Waals surface area contributed by atoms with Crippen LogP contribution in [0.1, 0.15) is 10.4 Å². The molecule has 0 bridgehead atoms. The Bertz CT molecular complexity index is 509. The average molecular weight is 281 g/mol. The second kappa shape index (κ2) is 4.40. The summed E-state index contributed by atoms with van der Waals surface area (Å²) in [6, 6.07) is 6.80. The largest absolute Gasteiger partial charge is 0.472 e. The number of hydrogen-bond acceptors (Lipinski definition) is 3. The maximum absolute atomic E-state index is 11.7. The van der Waals surface area contributed by atoms with E-state index in [0.29, 0.717) is 16.9 Å². The van der Waals surface area contributed by atoms with Crippen molar-refractivity contribution in [2.75, 3.05) is 11.1 Å². The number of anilines is 2. The smallest absolute Gasteiger partial charge is 0.258 e. The van der Waals surface area contributed by atoms with Gasteiger partial charge in [0.05, 0.1) is 17.5 Å². The summed E-state index contributed by atoms with van der Waals surface area (Å²) in [5, 5.41) is 2.73. The second-order valence-electron chi connectivity index (χ2n) is 3.21. The number of halogens is 1. The molecule has 2 rings (SSSR count). The minimum Gasteiger partial charge on any atom is -0.472 e. The molecule has 5 heteroatoms. The van der Waals surface area contributed by atoms with Gasteiger partial charge in [-0.05, 0) is 40.2 Å². The number of nitrogens with one attached hydrogen (secondary N) is 1. The van der Waals surface area contributed by atoms with E-state index in [9.17, 15) is 4.79 Å². The average Bonchev–Trinajstić information content (AvgIpc) is 2.76. The minimum absolute atomic E-state index is 0.236. The van der Waals surface area contributed by atoms with Gasteiger partial charge < -0.3 is 15.5 Å². The van der Waals surface area contributed by atoms with Gasteiger partial charge >= 0.3 is 0 Å². The van der Waals surface area contributed by atoms with Gasteiger partial charge in [0.15, 0.2) is 0 Å². The molecule has 0 fully saturated rings. The number of amides is 1. The van der Waals surface area contributed by atoms with E-state index in [1.807, 2.05) is 0 Å². The highest BCUT2D eigenvalue weighted by Crippen LogP contribution is 2.25. The Balaban J connectivity index is 2.21. The third-order valence-electron chi connectivity index (χ3n) is 2.02. The minimum atomic E-state index is -0.236. The lowest BCUT2D eigenvalue weighted by atomic mass is 10.2. The van der Waals surface area contributed by atoms with E-state index in [4.69, 9.17) is 10.2 Å². The van der Waals surface area contributed by atoms with Crippen LogP contribution in [0, 0.1) is 0 Å². The number of carbonyl (C=O) groups is 1. The Morgan fingerprint density at radius 1 is 1.38 bits per heavy atom. The molecular weight excluding hydrogens is 272 g/mol. The van der Waals surface area contributed by atoms with Gasteiger partial charge in [-0.1, -0.05) is 0 Å². The summed E-state index contributed by atoms with van der Waals surface area (Å²) in [4.78, 5) is 11.7. The molecule has 0 radical (unpaired) electrons. The Kier molecular flexibility index (Phi) is 2.96. The fourth-order valence-electron chi connectivity index (χ4n) is 1.23. The van der Waals surface area contributed by atoms with E-state index in [0.717, 1.165) is 4.47 Å². The van der Waals surface area contributed by atoms with Crippen molar-refractivity contribution in [3.05, 3.63) is 46.8 Å². The first-order valence-corrected chi connectivity index (χ1v) is 5.34. The molecule has 1 aromatic heterocycles. The van der Waals surface area contributed by atoms with Gasteiger partial charge in [-0.2, -0.15) is 0 Å². The third-order valence-corrected chi connectivity index (χ3v) is 2.71. The van der Waals surface area contributed by atoms with Crippen LogP contribution in [0.4, 0.5) is 11.4 Å². The fraction of sp³-hybridized carbons (Fsp3) is 0. The number of nitrogens with two attached hydrogens (primary N) is 1. The number of hydrogen-bond donors (Lipinski definition) is 2. The first kappa shape index (κ1) is 10.8.